The van der Waals surface area contributed by atoms with Gasteiger partial charge in [-0.15, -0.1) is 6.42 Å². The summed E-state index contributed by atoms with van der Waals surface area (Å²) in [5.74, 6) is 1.67. The number of rotatable bonds is 6. The number of aliphatic hydroxyl groups is 1. The van der Waals surface area contributed by atoms with Crippen LogP contribution >= 0.6 is 0 Å². The number of carbonyl (C=O) groups is 1. The third-order valence-corrected chi connectivity index (χ3v) is 9.33. The molecule has 0 aromatic heterocycles. The molecular weight excluding hydrogens is 590 g/mol. The molecule has 3 fully saturated rings. The van der Waals surface area contributed by atoms with Crippen LogP contribution in [0.1, 0.15) is 28.7 Å². The molecular formula is C32H35NO12. The molecule has 10 atom stereocenters. The van der Waals surface area contributed by atoms with E-state index in [9.17, 15) is 15.0 Å². The standard InChI is InChI=1S/C32H35NO12/c1-6-23-39-12-22-30(44-23)28(35)26(33(2)3)32(43-22)45-29-16-10-19-18(41-13-42-19)9-15(16)24(25-17(29)11-40-31(25)36)14-7-20(37-4)27(34)21(8-14)38-5/h1,7-10,17,22-26,28-30,32,34-35H,11-13H2,2-5H3/t17-,22+,23-,24+,25-,26+,28+,29+,30+,32-/m0/s1. The molecule has 2 aromatic carbocycles. The molecule has 0 bridgehead atoms. The molecule has 4 heterocycles. The number of benzene rings is 2. The summed E-state index contributed by atoms with van der Waals surface area (Å²) in [6.07, 6.45) is 0.567. The van der Waals surface area contributed by atoms with Crippen LogP contribution in [0, 0.1) is 24.2 Å². The number of phenols is 1. The van der Waals surface area contributed by atoms with Crippen LogP contribution in [0.2, 0.25) is 0 Å². The highest BCUT2D eigenvalue weighted by atomic mass is 16.7. The van der Waals surface area contributed by atoms with Gasteiger partial charge in [0.2, 0.25) is 18.8 Å². The van der Waals surface area contributed by atoms with Crippen molar-refractivity contribution in [3.8, 4) is 41.1 Å². The Kier molecular flexibility index (Phi) is 7.67. The van der Waals surface area contributed by atoms with Crippen molar-refractivity contribution in [1.82, 2.24) is 4.90 Å². The fourth-order valence-corrected chi connectivity index (χ4v) is 7.25. The number of phenolic OH excluding ortho intramolecular Hbond substituents is 1. The minimum absolute atomic E-state index is 0.0481. The summed E-state index contributed by atoms with van der Waals surface area (Å²) < 4.78 is 52.7. The van der Waals surface area contributed by atoms with Crippen LogP contribution in [-0.4, -0.2) is 106 Å². The maximum absolute atomic E-state index is 13.5. The number of aliphatic hydroxyl groups excluding tert-OH is 1. The second-order valence-corrected chi connectivity index (χ2v) is 11.9. The number of terminal acetylenes is 1. The van der Waals surface area contributed by atoms with Crippen LogP contribution in [0.15, 0.2) is 24.3 Å². The number of esters is 1. The molecule has 240 valence electrons. The summed E-state index contributed by atoms with van der Waals surface area (Å²) in [5, 5.41) is 22.1. The zero-order valence-corrected chi connectivity index (χ0v) is 25.2. The van der Waals surface area contributed by atoms with E-state index in [0.29, 0.717) is 17.1 Å². The molecule has 45 heavy (non-hydrogen) atoms. The third-order valence-electron chi connectivity index (χ3n) is 9.33. The molecule has 5 aliphatic rings. The number of nitrogens with zero attached hydrogens (tertiary/aromatic N) is 1. The molecule has 13 nitrogen and oxygen atoms in total. The van der Waals surface area contributed by atoms with Gasteiger partial charge in [-0.3, -0.25) is 9.69 Å². The Balaban J connectivity index is 1.32. The predicted molar refractivity (Wildman–Crippen MR) is 153 cm³/mol. The monoisotopic (exact) mass is 625 g/mol. The van der Waals surface area contributed by atoms with E-state index in [-0.39, 0.29) is 37.3 Å². The largest absolute Gasteiger partial charge is 0.502 e. The van der Waals surface area contributed by atoms with Gasteiger partial charge < -0.3 is 52.8 Å². The number of cyclic esters (lactones) is 1. The fourth-order valence-electron chi connectivity index (χ4n) is 7.25. The van der Waals surface area contributed by atoms with Gasteiger partial charge in [0.25, 0.3) is 0 Å². The maximum atomic E-state index is 13.5. The summed E-state index contributed by atoms with van der Waals surface area (Å²) in [6.45, 7) is 0.248. The lowest BCUT2D eigenvalue weighted by Crippen LogP contribution is -2.66. The van der Waals surface area contributed by atoms with Gasteiger partial charge in [-0.2, -0.15) is 0 Å². The smallest absolute Gasteiger partial charge is 0.310 e. The Bertz CT molecular complexity index is 1500. The molecule has 0 amide bonds. The predicted octanol–water partition coefficient (Wildman–Crippen LogP) is 1.52. The van der Waals surface area contributed by atoms with Gasteiger partial charge in [0.1, 0.15) is 18.3 Å². The van der Waals surface area contributed by atoms with E-state index in [1.54, 1.807) is 12.1 Å². The van der Waals surface area contributed by atoms with Crippen molar-refractivity contribution in [3.05, 3.63) is 41.0 Å². The molecule has 0 unspecified atom stereocenters. The second-order valence-electron chi connectivity index (χ2n) is 11.9. The van der Waals surface area contributed by atoms with Crippen molar-refractivity contribution in [3.63, 3.8) is 0 Å². The molecule has 4 aliphatic heterocycles. The highest BCUT2D eigenvalue weighted by Gasteiger charge is 2.56. The Morgan fingerprint density at radius 2 is 1.67 bits per heavy atom. The van der Waals surface area contributed by atoms with E-state index in [4.69, 9.17) is 49.1 Å². The van der Waals surface area contributed by atoms with Crippen molar-refractivity contribution in [1.29, 1.82) is 0 Å². The number of likely N-dealkylation sites (N-methyl/N-ethyl adjacent to an activating group) is 1. The van der Waals surface area contributed by atoms with Crippen LogP contribution in [0.25, 0.3) is 0 Å². The number of hydrogen-bond acceptors (Lipinski definition) is 13. The summed E-state index contributed by atoms with van der Waals surface area (Å²) in [4.78, 5) is 15.4. The minimum atomic E-state index is -1.02. The lowest BCUT2D eigenvalue weighted by molar-refractivity contribution is -0.348. The van der Waals surface area contributed by atoms with Gasteiger partial charge in [0.15, 0.2) is 29.3 Å². The van der Waals surface area contributed by atoms with Gasteiger partial charge in [0, 0.05) is 11.8 Å². The van der Waals surface area contributed by atoms with Gasteiger partial charge in [-0.25, -0.2) is 0 Å². The summed E-state index contributed by atoms with van der Waals surface area (Å²) in [6, 6.07) is 6.44. The molecule has 3 saturated heterocycles. The molecule has 0 spiro atoms. The number of carbonyl (C=O) groups excluding carboxylic acids is 1. The Hall–Kier alpha value is -3.77. The Morgan fingerprint density at radius 1 is 0.978 bits per heavy atom. The Morgan fingerprint density at radius 3 is 2.31 bits per heavy atom. The van der Waals surface area contributed by atoms with Gasteiger partial charge in [-0.05, 0) is 61.0 Å². The van der Waals surface area contributed by atoms with Crippen molar-refractivity contribution in [2.45, 2.75) is 49.0 Å². The van der Waals surface area contributed by atoms with E-state index in [2.05, 4.69) is 5.92 Å². The molecule has 7 rings (SSSR count). The van der Waals surface area contributed by atoms with Crippen LogP contribution in [0.3, 0.4) is 0 Å². The van der Waals surface area contributed by atoms with Crippen LogP contribution in [0.4, 0.5) is 0 Å². The molecule has 2 N–H and O–H groups in total. The van der Waals surface area contributed by atoms with E-state index in [0.717, 1.165) is 11.1 Å². The van der Waals surface area contributed by atoms with Crippen molar-refractivity contribution < 1.29 is 57.6 Å². The van der Waals surface area contributed by atoms with Crippen LogP contribution in [0.5, 0.6) is 28.7 Å². The average molecular weight is 626 g/mol. The normalized spacial score (nSPS) is 34.7. The molecule has 0 saturated carbocycles. The fraction of sp³-hybridized carbons (Fsp3) is 0.531. The maximum Gasteiger partial charge on any atom is 0.310 e. The van der Waals surface area contributed by atoms with Crippen LogP contribution < -0.4 is 18.9 Å². The number of ether oxygens (including phenoxy) is 9. The van der Waals surface area contributed by atoms with E-state index >= 15 is 0 Å². The average Bonchev–Trinajstić information content (AvgIpc) is 3.66. The lowest BCUT2D eigenvalue weighted by Gasteiger charge is -2.50. The third kappa shape index (κ3) is 4.84. The zero-order valence-electron chi connectivity index (χ0n) is 25.2. The second kappa shape index (κ2) is 11.5. The summed E-state index contributed by atoms with van der Waals surface area (Å²) >= 11 is 0. The Labute approximate surface area is 259 Å². The SMILES string of the molecule is C#C[C@H]1OC[C@H]2O[C@@H](O[C@@H]3c4cc5c(cc4[C@@H](c4cc(OC)c(O)c(OC)c4)[C@H]4C(=O)OC[C@@H]43)OCO5)[C@H](N(C)C)[C@@H](O)[C@@H]2O1. The first-order valence-corrected chi connectivity index (χ1v) is 14.7. The number of hydrogen-bond donors (Lipinski definition) is 2. The van der Waals surface area contributed by atoms with Gasteiger partial charge in [-0.1, -0.05) is 0 Å². The molecule has 0 radical (unpaired) electrons. The molecule has 2 aromatic rings. The van der Waals surface area contributed by atoms with E-state index in [1.165, 1.54) is 14.2 Å². The molecule has 13 heteroatoms. The first-order chi connectivity index (χ1) is 21.7. The number of aromatic hydroxyl groups is 1. The number of fused-ring (bicyclic) bond motifs is 4. The van der Waals surface area contributed by atoms with Gasteiger partial charge in [0.05, 0.1) is 45.5 Å². The summed E-state index contributed by atoms with van der Waals surface area (Å²) in [5.41, 5.74) is 2.17. The van der Waals surface area contributed by atoms with Gasteiger partial charge >= 0.3 is 5.97 Å². The first kappa shape index (κ1) is 29.9. The highest BCUT2D eigenvalue weighted by Crippen LogP contribution is 2.57. The quantitative estimate of drug-likeness (QED) is 0.354. The summed E-state index contributed by atoms with van der Waals surface area (Å²) in [7, 11) is 6.51. The lowest BCUT2D eigenvalue weighted by atomic mass is 9.66. The van der Waals surface area contributed by atoms with Crippen molar-refractivity contribution >= 4 is 5.97 Å². The highest BCUT2D eigenvalue weighted by molar-refractivity contribution is 5.79. The van der Waals surface area contributed by atoms with Crippen LogP contribution in [-0.2, 0) is 28.5 Å². The van der Waals surface area contributed by atoms with Crippen molar-refractivity contribution in [2.24, 2.45) is 11.8 Å². The van der Waals surface area contributed by atoms with E-state index in [1.807, 2.05) is 31.1 Å². The topological polar surface area (TPSA) is 144 Å². The zero-order chi connectivity index (χ0) is 31.6. The van der Waals surface area contributed by atoms with E-state index < -0.39 is 66.8 Å². The van der Waals surface area contributed by atoms with Crippen molar-refractivity contribution in [2.75, 3.05) is 48.3 Å². The minimum Gasteiger partial charge on any atom is -0.502 e. The first-order valence-electron chi connectivity index (χ1n) is 14.7. The molecule has 1 aliphatic carbocycles. The number of methoxy groups -OCH3 is 2.